The Morgan fingerprint density at radius 2 is 1.95 bits per heavy atom. The molecule has 104 valence electrons. The molecule has 0 radical (unpaired) electrons. The summed E-state index contributed by atoms with van der Waals surface area (Å²) in [5, 5.41) is 0. The largest absolute Gasteiger partial charge is 0.488 e. The topological polar surface area (TPSA) is 61.5 Å². The molecule has 0 unspecified atom stereocenters. The number of anilines is 1. The van der Waals surface area contributed by atoms with E-state index in [4.69, 9.17) is 15.2 Å². The Labute approximate surface area is 131 Å². The summed E-state index contributed by atoms with van der Waals surface area (Å²) in [4.78, 5) is 11.6. The van der Waals surface area contributed by atoms with Crippen molar-refractivity contribution in [2.75, 3.05) is 12.8 Å². The highest BCUT2D eigenvalue weighted by molar-refractivity contribution is 14.1. The lowest BCUT2D eigenvalue weighted by molar-refractivity contribution is 0.0600. The normalized spacial score (nSPS) is 10.1. The summed E-state index contributed by atoms with van der Waals surface area (Å²) in [6.45, 7) is 0.418. The van der Waals surface area contributed by atoms with E-state index < -0.39 is 5.97 Å². The predicted molar refractivity (Wildman–Crippen MR) is 85.7 cm³/mol. The lowest BCUT2D eigenvalue weighted by atomic mass is 10.2. The van der Waals surface area contributed by atoms with Gasteiger partial charge in [0.2, 0.25) is 0 Å². The molecule has 0 saturated heterocycles. The second-order valence-electron chi connectivity index (χ2n) is 4.14. The van der Waals surface area contributed by atoms with Crippen molar-refractivity contribution in [3.63, 3.8) is 0 Å². The fourth-order valence-corrected chi connectivity index (χ4v) is 2.16. The quantitative estimate of drug-likeness (QED) is 0.500. The Morgan fingerprint density at radius 1 is 1.25 bits per heavy atom. The van der Waals surface area contributed by atoms with Crippen LogP contribution in [-0.2, 0) is 11.3 Å². The second-order valence-corrected chi connectivity index (χ2v) is 5.22. The number of carbonyl (C=O) groups is 1. The Kier molecular flexibility index (Phi) is 4.84. The molecular weight excluding hydrogens is 369 g/mol. The van der Waals surface area contributed by atoms with Crippen molar-refractivity contribution in [1.29, 1.82) is 0 Å². The fourth-order valence-electron chi connectivity index (χ4n) is 1.70. The molecule has 2 aromatic rings. The van der Waals surface area contributed by atoms with Crippen LogP contribution in [-0.4, -0.2) is 13.1 Å². The zero-order valence-corrected chi connectivity index (χ0v) is 13.1. The molecule has 0 aliphatic heterocycles. The molecular formula is C15H14INO3. The number of nitrogens with two attached hydrogens (primary N) is 1. The summed E-state index contributed by atoms with van der Waals surface area (Å²) >= 11 is 2.10. The fraction of sp³-hybridized carbons (Fsp3) is 0.133. The summed E-state index contributed by atoms with van der Waals surface area (Å²) in [5.41, 5.74) is 7.81. The van der Waals surface area contributed by atoms with Gasteiger partial charge in [0.1, 0.15) is 12.4 Å². The van der Waals surface area contributed by atoms with Gasteiger partial charge in [0, 0.05) is 5.69 Å². The second kappa shape index (κ2) is 6.60. The Balaban J connectivity index is 2.22. The van der Waals surface area contributed by atoms with Gasteiger partial charge in [-0.25, -0.2) is 4.79 Å². The number of methoxy groups -OCH3 is 1. The van der Waals surface area contributed by atoms with E-state index >= 15 is 0 Å². The number of carbonyl (C=O) groups excluding carboxylic acids is 1. The first-order valence-electron chi connectivity index (χ1n) is 5.96. The van der Waals surface area contributed by atoms with Crippen LogP contribution in [0.3, 0.4) is 0 Å². The first kappa shape index (κ1) is 14.6. The van der Waals surface area contributed by atoms with Crippen LogP contribution >= 0.6 is 22.6 Å². The number of hydrogen-bond donors (Lipinski definition) is 1. The summed E-state index contributed by atoms with van der Waals surface area (Å²) < 4.78 is 11.2. The average molecular weight is 383 g/mol. The van der Waals surface area contributed by atoms with Gasteiger partial charge in [0.05, 0.1) is 16.2 Å². The van der Waals surface area contributed by atoms with E-state index in [1.165, 1.54) is 7.11 Å². The molecule has 0 aliphatic rings. The van der Waals surface area contributed by atoms with Crippen LogP contribution in [0.25, 0.3) is 0 Å². The van der Waals surface area contributed by atoms with Crippen molar-refractivity contribution in [2.45, 2.75) is 6.61 Å². The third kappa shape index (κ3) is 3.41. The maximum absolute atomic E-state index is 11.6. The molecule has 5 heteroatoms. The molecule has 0 fully saturated rings. The number of halogens is 1. The van der Waals surface area contributed by atoms with Crippen molar-refractivity contribution >= 4 is 34.2 Å². The highest BCUT2D eigenvalue weighted by Crippen LogP contribution is 2.29. The molecule has 0 saturated carbocycles. The highest BCUT2D eigenvalue weighted by atomic mass is 127. The van der Waals surface area contributed by atoms with Crippen LogP contribution < -0.4 is 10.5 Å². The van der Waals surface area contributed by atoms with E-state index in [1.807, 2.05) is 30.3 Å². The van der Waals surface area contributed by atoms with Gasteiger partial charge in [-0.3, -0.25) is 0 Å². The molecule has 0 aliphatic carbocycles. The van der Waals surface area contributed by atoms with Crippen molar-refractivity contribution in [2.24, 2.45) is 0 Å². The molecule has 0 atom stereocenters. The number of rotatable bonds is 4. The minimum absolute atomic E-state index is 0.383. The number of hydrogen-bond acceptors (Lipinski definition) is 4. The average Bonchev–Trinajstić information content (AvgIpc) is 2.48. The number of ether oxygens (including phenoxy) is 2. The lowest BCUT2D eigenvalue weighted by Gasteiger charge is -2.11. The van der Waals surface area contributed by atoms with Crippen molar-refractivity contribution in [1.82, 2.24) is 0 Å². The Hall–Kier alpha value is -1.76. The van der Waals surface area contributed by atoms with Crippen LogP contribution in [0.2, 0.25) is 0 Å². The molecule has 2 N–H and O–H groups in total. The molecule has 20 heavy (non-hydrogen) atoms. The molecule has 0 aromatic heterocycles. The van der Waals surface area contributed by atoms with Gasteiger partial charge in [-0.1, -0.05) is 30.3 Å². The zero-order chi connectivity index (χ0) is 14.5. The van der Waals surface area contributed by atoms with Gasteiger partial charge in [-0.15, -0.1) is 0 Å². The van der Waals surface area contributed by atoms with Crippen LogP contribution in [0.15, 0.2) is 42.5 Å². The van der Waals surface area contributed by atoms with Gasteiger partial charge >= 0.3 is 5.97 Å². The van der Waals surface area contributed by atoms with E-state index in [2.05, 4.69) is 22.6 Å². The standard InChI is InChI=1S/C15H14INO3/c1-19-15(18)11-7-12(17)14(16)13(8-11)20-9-10-5-3-2-4-6-10/h2-8H,9,17H2,1H3. The molecule has 0 amide bonds. The molecule has 0 heterocycles. The van der Waals surface area contributed by atoms with Crippen LogP contribution in [0.5, 0.6) is 5.75 Å². The van der Waals surface area contributed by atoms with E-state index in [0.29, 0.717) is 23.6 Å². The van der Waals surface area contributed by atoms with E-state index in [0.717, 1.165) is 9.13 Å². The van der Waals surface area contributed by atoms with E-state index in [-0.39, 0.29) is 0 Å². The van der Waals surface area contributed by atoms with Gasteiger partial charge in [-0.2, -0.15) is 0 Å². The minimum atomic E-state index is -0.433. The number of esters is 1. The first-order valence-corrected chi connectivity index (χ1v) is 7.03. The molecule has 2 rings (SSSR count). The van der Waals surface area contributed by atoms with Crippen LogP contribution in [0.4, 0.5) is 5.69 Å². The summed E-state index contributed by atoms with van der Waals surface area (Å²) in [7, 11) is 1.33. The zero-order valence-electron chi connectivity index (χ0n) is 10.9. The summed E-state index contributed by atoms with van der Waals surface area (Å²) in [5.74, 6) is 0.146. The van der Waals surface area contributed by atoms with Gasteiger partial charge < -0.3 is 15.2 Å². The Morgan fingerprint density at radius 3 is 2.60 bits per heavy atom. The Bertz CT molecular complexity index is 614. The SMILES string of the molecule is COC(=O)c1cc(N)c(I)c(OCc2ccccc2)c1. The molecule has 0 bridgehead atoms. The van der Waals surface area contributed by atoms with Gasteiger partial charge in [-0.05, 0) is 40.3 Å². The summed E-state index contributed by atoms with van der Waals surface area (Å²) in [6, 6.07) is 13.0. The minimum Gasteiger partial charge on any atom is -0.488 e. The maximum atomic E-state index is 11.6. The number of nitrogen functional groups attached to an aromatic ring is 1. The van der Waals surface area contributed by atoms with Crippen molar-refractivity contribution < 1.29 is 14.3 Å². The van der Waals surface area contributed by atoms with Crippen molar-refractivity contribution in [3.05, 3.63) is 57.2 Å². The van der Waals surface area contributed by atoms with Crippen molar-refractivity contribution in [3.8, 4) is 5.75 Å². The highest BCUT2D eigenvalue weighted by Gasteiger charge is 2.13. The third-order valence-electron chi connectivity index (χ3n) is 2.73. The molecule has 0 spiro atoms. The predicted octanol–water partition coefficient (Wildman–Crippen LogP) is 3.24. The summed E-state index contributed by atoms with van der Waals surface area (Å²) in [6.07, 6.45) is 0. The van der Waals surface area contributed by atoms with E-state index in [1.54, 1.807) is 12.1 Å². The molecule has 2 aromatic carbocycles. The lowest BCUT2D eigenvalue weighted by Crippen LogP contribution is -2.06. The third-order valence-corrected chi connectivity index (χ3v) is 3.88. The van der Waals surface area contributed by atoms with Crippen LogP contribution in [0.1, 0.15) is 15.9 Å². The number of benzene rings is 2. The van der Waals surface area contributed by atoms with Gasteiger partial charge in [0.15, 0.2) is 0 Å². The molecule has 4 nitrogen and oxygen atoms in total. The monoisotopic (exact) mass is 383 g/mol. The van der Waals surface area contributed by atoms with Crippen LogP contribution in [0, 0.1) is 3.57 Å². The first-order chi connectivity index (χ1) is 9.61. The smallest absolute Gasteiger partial charge is 0.338 e. The van der Waals surface area contributed by atoms with E-state index in [9.17, 15) is 4.79 Å². The van der Waals surface area contributed by atoms with Gasteiger partial charge in [0.25, 0.3) is 0 Å². The maximum Gasteiger partial charge on any atom is 0.338 e.